The fourth-order valence-electron chi connectivity index (χ4n) is 3.24. The number of carbonyl (C=O) groups excluding carboxylic acids is 1. The molecule has 0 saturated carbocycles. The van der Waals surface area contributed by atoms with Crippen LogP contribution in [0, 0.1) is 24.1 Å². The minimum atomic E-state index is -0.704. The van der Waals surface area contributed by atoms with E-state index in [0.717, 1.165) is 0 Å². The number of rotatable bonds is 8. The molecule has 2 aromatic heterocycles. The van der Waals surface area contributed by atoms with E-state index in [0.29, 0.717) is 29.3 Å². The van der Waals surface area contributed by atoms with Crippen LogP contribution >= 0.6 is 11.6 Å². The molecule has 1 atom stereocenters. The highest BCUT2D eigenvalue weighted by Gasteiger charge is 2.14. The molecule has 3 aromatic rings. The monoisotopic (exact) mass is 446 g/mol. The summed E-state index contributed by atoms with van der Waals surface area (Å²) in [7, 11) is 0. The van der Waals surface area contributed by atoms with E-state index in [1.165, 1.54) is 12.1 Å². The number of benzene rings is 1. The predicted molar refractivity (Wildman–Crippen MR) is 112 cm³/mol. The number of nitrogens with zero attached hydrogens (tertiary/aromatic N) is 5. The Bertz CT molecular complexity index is 1110. The van der Waals surface area contributed by atoms with Gasteiger partial charge in [-0.15, -0.1) is 0 Å². The Labute approximate surface area is 183 Å². The van der Waals surface area contributed by atoms with Crippen molar-refractivity contribution < 1.29 is 13.6 Å². The molecule has 162 valence electrons. The number of alkyl halides is 1. The van der Waals surface area contributed by atoms with E-state index in [4.69, 9.17) is 16.9 Å². The number of carbonyl (C=O) groups is 1. The van der Waals surface area contributed by atoms with Gasteiger partial charge in [0.25, 0.3) is 0 Å². The highest BCUT2D eigenvalue weighted by molar-refractivity contribution is 6.32. The van der Waals surface area contributed by atoms with Crippen molar-refractivity contribution in [2.24, 2.45) is 0 Å². The van der Waals surface area contributed by atoms with Crippen molar-refractivity contribution in [2.45, 2.75) is 39.4 Å². The van der Waals surface area contributed by atoms with Gasteiger partial charge in [0.2, 0.25) is 5.91 Å². The van der Waals surface area contributed by atoms with Crippen molar-refractivity contribution in [3.8, 4) is 17.3 Å². The van der Waals surface area contributed by atoms with E-state index < -0.39 is 12.5 Å². The maximum Gasteiger partial charge on any atom is 0.226 e. The van der Waals surface area contributed by atoms with Crippen molar-refractivity contribution in [1.82, 2.24) is 24.6 Å². The van der Waals surface area contributed by atoms with Gasteiger partial charge >= 0.3 is 0 Å². The topological polar surface area (TPSA) is 88.5 Å². The molecule has 10 heteroatoms. The number of nitriles is 1. The summed E-state index contributed by atoms with van der Waals surface area (Å²) in [5.41, 5.74) is 1.33. The Morgan fingerprint density at radius 1 is 1.42 bits per heavy atom. The molecule has 0 aliphatic carbocycles. The molecule has 0 fully saturated rings. The first-order chi connectivity index (χ1) is 14.8. The molecular formula is C21H21ClF2N6O. The van der Waals surface area contributed by atoms with Crippen molar-refractivity contribution in [3.63, 3.8) is 0 Å². The molecule has 7 nitrogen and oxygen atoms in total. The van der Waals surface area contributed by atoms with Crippen LogP contribution < -0.4 is 5.32 Å². The van der Waals surface area contributed by atoms with Gasteiger partial charge in [0.15, 0.2) is 0 Å². The van der Waals surface area contributed by atoms with Gasteiger partial charge in [-0.05, 0) is 32.0 Å². The molecule has 0 radical (unpaired) electrons. The number of hydrogen-bond donors (Lipinski definition) is 1. The first-order valence-corrected chi connectivity index (χ1v) is 9.99. The minimum absolute atomic E-state index is 0.0249. The number of imidazole rings is 1. The number of nitrogens with one attached hydrogen (secondary N) is 1. The summed E-state index contributed by atoms with van der Waals surface area (Å²) in [5.74, 6) is -0.244. The summed E-state index contributed by atoms with van der Waals surface area (Å²) in [6, 6.07) is 5.90. The summed E-state index contributed by atoms with van der Waals surface area (Å²) in [6.45, 7) is 3.72. The van der Waals surface area contributed by atoms with Crippen LogP contribution in [-0.2, 0) is 24.3 Å². The van der Waals surface area contributed by atoms with Crippen molar-refractivity contribution >= 4 is 17.5 Å². The summed E-state index contributed by atoms with van der Waals surface area (Å²) in [5, 5.41) is 16.2. The molecule has 0 aliphatic rings. The normalized spacial score (nSPS) is 11.9. The van der Waals surface area contributed by atoms with Gasteiger partial charge in [-0.25, -0.2) is 13.8 Å². The van der Waals surface area contributed by atoms with E-state index >= 15 is 0 Å². The summed E-state index contributed by atoms with van der Waals surface area (Å²) in [6.07, 6.45) is 3.49. The molecule has 1 aromatic carbocycles. The maximum atomic E-state index is 14.0. The third-order valence-electron chi connectivity index (χ3n) is 4.65. The Morgan fingerprint density at radius 3 is 2.87 bits per heavy atom. The fraction of sp³-hybridized carbons (Fsp3) is 0.333. The maximum absolute atomic E-state index is 14.0. The second kappa shape index (κ2) is 9.71. The number of amides is 1. The lowest BCUT2D eigenvalue weighted by Crippen LogP contribution is -2.36. The van der Waals surface area contributed by atoms with Crippen LogP contribution in [0.1, 0.15) is 24.0 Å². The molecule has 2 heterocycles. The molecule has 0 unspecified atom stereocenters. The predicted octanol–water partition coefficient (Wildman–Crippen LogP) is 3.44. The standard InChI is InChI=1S/C21H21ClF2N6O/c1-13(26-21(31)9-16-12-29(6-4-23)14(2)27-16)11-30-5-3-20(28-30)15-7-18(22)17(10-25)19(24)8-15/h3,5,7-8,12-13H,4,6,9,11H2,1-2H3,(H,26,31)/t13-/m0/s1. The lowest BCUT2D eigenvalue weighted by molar-refractivity contribution is -0.121. The second-order valence-electron chi connectivity index (χ2n) is 7.16. The highest BCUT2D eigenvalue weighted by atomic mass is 35.5. The van der Waals surface area contributed by atoms with Crippen LogP contribution in [0.2, 0.25) is 5.02 Å². The van der Waals surface area contributed by atoms with Crippen LogP contribution in [0.3, 0.4) is 0 Å². The molecule has 0 spiro atoms. The zero-order valence-electron chi connectivity index (χ0n) is 17.1. The number of aryl methyl sites for hydroxylation is 2. The Hall–Kier alpha value is -3.25. The van der Waals surface area contributed by atoms with Crippen LogP contribution in [0.15, 0.2) is 30.6 Å². The van der Waals surface area contributed by atoms with E-state index in [1.807, 2.05) is 6.92 Å². The van der Waals surface area contributed by atoms with E-state index in [9.17, 15) is 13.6 Å². The minimum Gasteiger partial charge on any atom is -0.351 e. The van der Waals surface area contributed by atoms with E-state index in [2.05, 4.69) is 15.4 Å². The molecule has 31 heavy (non-hydrogen) atoms. The molecule has 3 rings (SSSR count). The summed E-state index contributed by atoms with van der Waals surface area (Å²) < 4.78 is 29.8. The first-order valence-electron chi connectivity index (χ1n) is 9.61. The van der Waals surface area contributed by atoms with Crippen molar-refractivity contribution in [2.75, 3.05) is 6.67 Å². The Balaban J connectivity index is 1.60. The molecule has 0 bridgehead atoms. The van der Waals surface area contributed by atoms with Crippen molar-refractivity contribution in [3.05, 3.63) is 58.5 Å². The quantitative estimate of drug-likeness (QED) is 0.574. The summed E-state index contributed by atoms with van der Waals surface area (Å²) in [4.78, 5) is 16.6. The second-order valence-corrected chi connectivity index (χ2v) is 7.56. The van der Waals surface area contributed by atoms with Crippen molar-refractivity contribution in [1.29, 1.82) is 5.26 Å². The number of halogens is 3. The smallest absolute Gasteiger partial charge is 0.226 e. The van der Waals surface area contributed by atoms with Gasteiger partial charge in [0.05, 0.1) is 35.9 Å². The van der Waals surface area contributed by atoms with Gasteiger partial charge < -0.3 is 9.88 Å². The van der Waals surface area contributed by atoms with E-state index in [-0.39, 0.29) is 35.5 Å². The number of hydrogen-bond acceptors (Lipinski definition) is 4. The third-order valence-corrected chi connectivity index (χ3v) is 4.95. The largest absolute Gasteiger partial charge is 0.351 e. The van der Waals surface area contributed by atoms with Gasteiger partial charge in [-0.1, -0.05) is 11.6 Å². The zero-order chi connectivity index (χ0) is 22.5. The summed E-state index contributed by atoms with van der Waals surface area (Å²) >= 11 is 5.96. The van der Waals surface area contributed by atoms with E-state index in [1.54, 1.807) is 40.7 Å². The van der Waals surface area contributed by atoms with Crippen LogP contribution in [0.5, 0.6) is 0 Å². The zero-order valence-corrected chi connectivity index (χ0v) is 17.8. The Morgan fingerprint density at radius 2 is 2.19 bits per heavy atom. The lowest BCUT2D eigenvalue weighted by Gasteiger charge is -2.13. The fourth-order valence-corrected chi connectivity index (χ4v) is 3.49. The SMILES string of the molecule is Cc1nc(CC(=O)N[C@@H](C)Cn2ccc(-c3cc(F)c(C#N)c(Cl)c3)n2)cn1CCF. The molecule has 0 saturated heterocycles. The lowest BCUT2D eigenvalue weighted by atomic mass is 10.1. The van der Waals surface area contributed by atoms with Gasteiger partial charge in [0, 0.05) is 24.0 Å². The molecule has 1 N–H and O–H groups in total. The van der Waals surface area contributed by atoms with Crippen LogP contribution in [0.4, 0.5) is 8.78 Å². The highest BCUT2D eigenvalue weighted by Crippen LogP contribution is 2.26. The van der Waals surface area contributed by atoms with Gasteiger partial charge in [-0.2, -0.15) is 10.4 Å². The first kappa shape index (κ1) is 22.4. The average Bonchev–Trinajstić information content (AvgIpc) is 3.28. The van der Waals surface area contributed by atoms with Gasteiger partial charge in [-0.3, -0.25) is 9.48 Å². The third kappa shape index (κ3) is 5.47. The molecule has 1 amide bonds. The molecular weight excluding hydrogens is 426 g/mol. The van der Waals surface area contributed by atoms with Crippen LogP contribution in [0.25, 0.3) is 11.3 Å². The average molecular weight is 447 g/mol. The van der Waals surface area contributed by atoms with Crippen LogP contribution in [-0.4, -0.2) is 38.0 Å². The van der Waals surface area contributed by atoms with Gasteiger partial charge in [0.1, 0.15) is 29.9 Å². The Kier molecular flexibility index (Phi) is 7.02. The molecule has 0 aliphatic heterocycles. The number of aromatic nitrogens is 4.